The fraction of sp³-hybridized carbons (Fsp3) is 0.0952. The van der Waals surface area contributed by atoms with Crippen molar-refractivity contribution in [3.8, 4) is 34.6 Å². The highest BCUT2D eigenvalue weighted by Crippen LogP contribution is 2.38. The van der Waals surface area contributed by atoms with Crippen molar-refractivity contribution in [2.75, 3.05) is 0 Å². The van der Waals surface area contributed by atoms with Crippen LogP contribution in [0.2, 0.25) is 0 Å². The van der Waals surface area contributed by atoms with Crippen LogP contribution in [0, 0.1) is 50.4 Å². The molecule has 0 aliphatic rings. The van der Waals surface area contributed by atoms with E-state index in [9.17, 15) is 10.5 Å². The van der Waals surface area contributed by atoms with E-state index >= 15 is 0 Å². The number of aromatic nitrogens is 2. The molecule has 6 aromatic carbocycles. The Labute approximate surface area is 267 Å². The fourth-order valence-corrected chi connectivity index (χ4v) is 7.04. The second-order valence-electron chi connectivity index (χ2n) is 12.4. The van der Waals surface area contributed by atoms with Crippen LogP contribution in [0.4, 0.5) is 0 Å². The van der Waals surface area contributed by atoms with Crippen molar-refractivity contribution in [2.45, 2.75) is 27.7 Å². The zero-order chi connectivity index (χ0) is 31.7. The van der Waals surface area contributed by atoms with Gasteiger partial charge in [0.2, 0.25) is 0 Å². The quantitative estimate of drug-likeness (QED) is 0.206. The van der Waals surface area contributed by atoms with Gasteiger partial charge in [-0.15, -0.1) is 0 Å². The lowest BCUT2D eigenvalue weighted by Gasteiger charge is -2.15. The highest BCUT2D eigenvalue weighted by Gasteiger charge is 2.19. The largest absolute Gasteiger partial charge is 0.309 e. The normalized spacial score (nSPS) is 11.4. The Kier molecular flexibility index (Phi) is 6.11. The van der Waals surface area contributed by atoms with Crippen LogP contribution in [0.1, 0.15) is 33.4 Å². The summed E-state index contributed by atoms with van der Waals surface area (Å²) < 4.78 is 4.53. The second kappa shape index (κ2) is 10.2. The molecule has 0 spiro atoms. The average molecular weight is 591 g/mol. The third-order valence-electron chi connectivity index (χ3n) is 9.21. The van der Waals surface area contributed by atoms with Crippen LogP contribution in [-0.2, 0) is 0 Å². The molecule has 8 aromatic rings. The van der Waals surface area contributed by atoms with Gasteiger partial charge in [0.1, 0.15) is 0 Å². The summed E-state index contributed by atoms with van der Waals surface area (Å²) in [6.07, 6.45) is 0. The van der Waals surface area contributed by atoms with Gasteiger partial charge in [-0.05, 0) is 113 Å². The van der Waals surface area contributed by atoms with E-state index in [1.165, 1.54) is 43.8 Å². The first-order valence-electron chi connectivity index (χ1n) is 15.5. The number of nitrogens with zero attached hydrogens (tertiary/aromatic N) is 4. The molecule has 0 fully saturated rings. The Balaban J connectivity index is 1.40. The van der Waals surface area contributed by atoms with Gasteiger partial charge in [0.15, 0.2) is 0 Å². The van der Waals surface area contributed by atoms with Crippen molar-refractivity contribution in [1.29, 1.82) is 10.5 Å². The Hall–Kier alpha value is -6.10. The summed E-state index contributed by atoms with van der Waals surface area (Å²) in [5.74, 6) is 0. The highest BCUT2D eigenvalue weighted by atomic mass is 15.0. The minimum absolute atomic E-state index is 0.526. The molecule has 0 bridgehead atoms. The van der Waals surface area contributed by atoms with E-state index in [0.717, 1.165) is 44.6 Å². The van der Waals surface area contributed by atoms with Gasteiger partial charge in [-0.25, -0.2) is 0 Å². The molecule has 4 heteroatoms. The lowest BCUT2D eigenvalue weighted by atomic mass is 9.95. The maximum absolute atomic E-state index is 10.3. The van der Waals surface area contributed by atoms with Crippen LogP contribution in [0.25, 0.3) is 66.1 Å². The van der Waals surface area contributed by atoms with Gasteiger partial charge in [-0.1, -0.05) is 46.5 Å². The van der Waals surface area contributed by atoms with Gasteiger partial charge in [0.25, 0.3) is 0 Å². The van der Waals surface area contributed by atoms with E-state index in [1.54, 1.807) is 0 Å². The average Bonchev–Trinajstić information content (AvgIpc) is 3.55. The van der Waals surface area contributed by atoms with Crippen molar-refractivity contribution in [2.24, 2.45) is 0 Å². The maximum Gasteiger partial charge on any atom is 0.0998 e. The Morgan fingerprint density at radius 1 is 0.391 bits per heavy atom. The van der Waals surface area contributed by atoms with E-state index < -0.39 is 0 Å². The zero-order valence-corrected chi connectivity index (χ0v) is 26.2. The molecule has 4 nitrogen and oxygen atoms in total. The molecule has 0 unspecified atom stereocenters. The smallest absolute Gasteiger partial charge is 0.0998 e. The molecular formula is C42H30N4. The summed E-state index contributed by atoms with van der Waals surface area (Å²) in [6.45, 7) is 8.48. The van der Waals surface area contributed by atoms with Crippen molar-refractivity contribution < 1.29 is 0 Å². The molecule has 0 atom stereocenters. The van der Waals surface area contributed by atoms with Crippen LogP contribution < -0.4 is 0 Å². The summed E-state index contributed by atoms with van der Waals surface area (Å²) in [5, 5.41) is 25.4. The molecule has 0 aliphatic carbocycles. The molecule has 46 heavy (non-hydrogen) atoms. The fourth-order valence-electron chi connectivity index (χ4n) is 7.04. The molecule has 218 valence electrons. The van der Waals surface area contributed by atoms with Gasteiger partial charge in [-0.2, -0.15) is 10.5 Å². The van der Waals surface area contributed by atoms with Crippen LogP contribution in [0.15, 0.2) is 109 Å². The molecule has 0 radical (unpaired) electrons. The number of rotatable bonds is 3. The van der Waals surface area contributed by atoms with Gasteiger partial charge >= 0.3 is 0 Å². The van der Waals surface area contributed by atoms with Crippen molar-refractivity contribution in [1.82, 2.24) is 9.13 Å². The zero-order valence-electron chi connectivity index (χ0n) is 26.2. The molecule has 0 saturated heterocycles. The van der Waals surface area contributed by atoms with Crippen LogP contribution >= 0.6 is 0 Å². The molecule has 2 aromatic heterocycles. The van der Waals surface area contributed by atoms with Crippen LogP contribution in [0.3, 0.4) is 0 Å². The molecule has 2 heterocycles. The molecular weight excluding hydrogens is 560 g/mol. The van der Waals surface area contributed by atoms with Crippen LogP contribution in [-0.4, -0.2) is 9.13 Å². The predicted octanol–water partition coefficient (Wildman–Crippen LogP) is 10.5. The summed E-state index contributed by atoms with van der Waals surface area (Å²) in [5.41, 5.74) is 13.7. The standard InChI is InChI=1S/C42H30N4/c1-25-5-13-39-35(17-25)36-18-26(2)6-14-40(36)45(39)31-11-9-29(23-43)33(21-31)34-22-32(12-10-30(34)24-44)46-41-15-7-27(3)19-37(41)38-20-28(4)8-16-42(38)46/h5-22H,1-4H3. The summed E-state index contributed by atoms with van der Waals surface area (Å²) in [7, 11) is 0. The molecule has 8 rings (SSSR count). The number of hydrogen-bond donors (Lipinski definition) is 0. The van der Waals surface area contributed by atoms with Gasteiger partial charge in [0.05, 0.1) is 45.3 Å². The minimum Gasteiger partial charge on any atom is -0.309 e. The monoisotopic (exact) mass is 590 g/mol. The van der Waals surface area contributed by atoms with Gasteiger partial charge in [-0.3, -0.25) is 0 Å². The van der Waals surface area contributed by atoms with E-state index in [1.807, 2.05) is 24.3 Å². The van der Waals surface area contributed by atoms with E-state index in [-0.39, 0.29) is 0 Å². The summed E-state index contributed by atoms with van der Waals surface area (Å²) in [4.78, 5) is 0. The van der Waals surface area contributed by atoms with E-state index in [4.69, 9.17) is 0 Å². The number of benzene rings is 6. The molecule has 0 aliphatic heterocycles. The Morgan fingerprint density at radius 3 is 0.978 bits per heavy atom. The number of hydrogen-bond acceptors (Lipinski definition) is 2. The third kappa shape index (κ3) is 4.12. The Bertz CT molecular complexity index is 2350. The number of fused-ring (bicyclic) bond motifs is 6. The van der Waals surface area contributed by atoms with E-state index in [2.05, 4.69) is 134 Å². The molecule has 0 saturated carbocycles. The number of nitriles is 2. The lowest BCUT2D eigenvalue weighted by Crippen LogP contribution is -1.99. The van der Waals surface area contributed by atoms with Crippen molar-refractivity contribution >= 4 is 43.6 Å². The summed E-state index contributed by atoms with van der Waals surface area (Å²) in [6, 6.07) is 42.9. The van der Waals surface area contributed by atoms with E-state index in [0.29, 0.717) is 11.1 Å². The predicted molar refractivity (Wildman–Crippen MR) is 189 cm³/mol. The number of aryl methyl sites for hydroxylation is 4. The minimum atomic E-state index is 0.526. The molecule has 0 N–H and O–H groups in total. The maximum atomic E-state index is 10.3. The summed E-state index contributed by atoms with van der Waals surface area (Å²) >= 11 is 0. The first-order chi connectivity index (χ1) is 22.3. The molecule has 0 amide bonds. The van der Waals surface area contributed by atoms with Crippen molar-refractivity contribution in [3.63, 3.8) is 0 Å². The van der Waals surface area contributed by atoms with Crippen molar-refractivity contribution in [3.05, 3.63) is 143 Å². The SMILES string of the molecule is Cc1ccc2c(c1)c1cc(C)ccc1n2-c1ccc(C#N)c(-c2cc(-n3c4ccc(C)cc4c4cc(C)ccc43)ccc2C#N)c1. The van der Waals surface area contributed by atoms with Gasteiger partial charge in [0, 0.05) is 44.0 Å². The Morgan fingerprint density at radius 2 is 0.696 bits per heavy atom. The highest BCUT2D eigenvalue weighted by molar-refractivity contribution is 6.11. The van der Waals surface area contributed by atoms with Gasteiger partial charge < -0.3 is 9.13 Å². The topological polar surface area (TPSA) is 57.4 Å². The first kappa shape index (κ1) is 27.4. The third-order valence-corrected chi connectivity index (χ3v) is 9.21. The first-order valence-corrected chi connectivity index (χ1v) is 15.5. The second-order valence-corrected chi connectivity index (χ2v) is 12.4. The lowest BCUT2D eigenvalue weighted by molar-refractivity contribution is 1.17. The van der Waals surface area contributed by atoms with Crippen LogP contribution in [0.5, 0.6) is 0 Å².